The fourth-order valence-corrected chi connectivity index (χ4v) is 2.97. The van der Waals surface area contributed by atoms with Gasteiger partial charge in [-0.15, -0.1) is 11.3 Å². The van der Waals surface area contributed by atoms with E-state index in [9.17, 15) is 4.79 Å². The summed E-state index contributed by atoms with van der Waals surface area (Å²) < 4.78 is 0. The normalized spacial score (nSPS) is 13.0. The Balaban J connectivity index is 2.85. The van der Waals surface area contributed by atoms with Crippen LogP contribution in [0.15, 0.2) is 0 Å². The highest BCUT2D eigenvalue weighted by molar-refractivity contribution is 7.13. The molecule has 1 aromatic heterocycles. The first-order chi connectivity index (χ1) is 9.35. The minimum Gasteiger partial charge on any atom is -0.396 e. The summed E-state index contributed by atoms with van der Waals surface area (Å²) in [7, 11) is 0. The monoisotopic (exact) mass is 298 g/mol. The van der Waals surface area contributed by atoms with Crippen molar-refractivity contribution in [1.29, 1.82) is 0 Å². The Morgan fingerprint density at radius 1 is 1.35 bits per heavy atom. The van der Waals surface area contributed by atoms with Crippen molar-refractivity contribution >= 4 is 17.2 Å². The van der Waals surface area contributed by atoms with Crippen LogP contribution in [0.25, 0.3) is 0 Å². The van der Waals surface area contributed by atoms with E-state index in [0.717, 1.165) is 22.0 Å². The summed E-state index contributed by atoms with van der Waals surface area (Å²) in [4.78, 5) is 17.6. The molecule has 0 bridgehead atoms. The van der Waals surface area contributed by atoms with E-state index in [1.54, 1.807) is 0 Å². The third-order valence-corrected chi connectivity index (χ3v) is 4.19. The molecular formula is C15H26N2O2S. The standard InChI is InChI=1S/C15H26N2O2S/c1-9(2)8-13-14(20-11(5)16-13)15(19)17-12(6-7-18)10(3)4/h9-10,12,18H,6-8H2,1-5H3,(H,17,19). The first kappa shape index (κ1) is 17.1. The van der Waals surface area contributed by atoms with Crippen LogP contribution in [0.3, 0.4) is 0 Å². The van der Waals surface area contributed by atoms with Gasteiger partial charge < -0.3 is 10.4 Å². The second kappa shape index (κ2) is 7.74. The lowest BCUT2D eigenvalue weighted by Crippen LogP contribution is -2.39. The number of hydrogen-bond donors (Lipinski definition) is 2. The van der Waals surface area contributed by atoms with Crippen molar-refractivity contribution < 1.29 is 9.90 Å². The predicted octanol–water partition coefficient (Wildman–Crippen LogP) is 2.79. The highest BCUT2D eigenvalue weighted by Crippen LogP contribution is 2.21. The summed E-state index contributed by atoms with van der Waals surface area (Å²) in [5.41, 5.74) is 0.895. The Labute approximate surface area is 125 Å². The average molecular weight is 298 g/mol. The van der Waals surface area contributed by atoms with E-state index in [0.29, 0.717) is 18.3 Å². The molecule has 0 radical (unpaired) electrons. The number of hydrogen-bond acceptors (Lipinski definition) is 4. The van der Waals surface area contributed by atoms with E-state index in [1.807, 2.05) is 20.8 Å². The topological polar surface area (TPSA) is 62.2 Å². The van der Waals surface area contributed by atoms with Crippen molar-refractivity contribution in [2.24, 2.45) is 11.8 Å². The molecule has 20 heavy (non-hydrogen) atoms. The molecule has 0 aliphatic heterocycles. The maximum Gasteiger partial charge on any atom is 0.263 e. The molecule has 0 aliphatic rings. The molecule has 0 aliphatic carbocycles. The maximum atomic E-state index is 12.4. The summed E-state index contributed by atoms with van der Waals surface area (Å²) in [6.07, 6.45) is 1.40. The van der Waals surface area contributed by atoms with Crippen LogP contribution >= 0.6 is 11.3 Å². The third kappa shape index (κ3) is 4.87. The second-order valence-corrected chi connectivity index (χ2v) is 7.15. The highest BCUT2D eigenvalue weighted by Gasteiger charge is 2.21. The van der Waals surface area contributed by atoms with Crippen LogP contribution in [0.2, 0.25) is 0 Å². The largest absolute Gasteiger partial charge is 0.396 e. The Morgan fingerprint density at radius 3 is 2.50 bits per heavy atom. The molecule has 0 saturated heterocycles. The van der Waals surface area contributed by atoms with Gasteiger partial charge in [-0.05, 0) is 31.6 Å². The zero-order valence-corrected chi connectivity index (χ0v) is 13.9. The number of carbonyl (C=O) groups excluding carboxylic acids is 1. The van der Waals surface area contributed by atoms with Gasteiger partial charge in [0.1, 0.15) is 4.88 Å². The number of thiazole rings is 1. The molecule has 1 unspecified atom stereocenters. The Hall–Kier alpha value is -0.940. The van der Waals surface area contributed by atoms with Crippen molar-refractivity contribution in [3.63, 3.8) is 0 Å². The van der Waals surface area contributed by atoms with E-state index in [1.165, 1.54) is 11.3 Å². The number of amides is 1. The Bertz CT molecular complexity index is 441. The lowest BCUT2D eigenvalue weighted by atomic mass is 10.0. The highest BCUT2D eigenvalue weighted by atomic mass is 32.1. The van der Waals surface area contributed by atoms with E-state index >= 15 is 0 Å². The van der Waals surface area contributed by atoms with Gasteiger partial charge in [0.2, 0.25) is 0 Å². The van der Waals surface area contributed by atoms with Crippen LogP contribution in [0.4, 0.5) is 0 Å². The molecule has 5 heteroatoms. The number of carbonyl (C=O) groups is 1. The quantitative estimate of drug-likeness (QED) is 0.813. The summed E-state index contributed by atoms with van der Waals surface area (Å²) in [5, 5.41) is 13.0. The van der Waals surface area contributed by atoms with E-state index in [4.69, 9.17) is 5.11 Å². The predicted molar refractivity (Wildman–Crippen MR) is 83.2 cm³/mol. The fraction of sp³-hybridized carbons (Fsp3) is 0.733. The summed E-state index contributed by atoms with van der Waals surface area (Å²) in [5.74, 6) is 0.716. The first-order valence-corrected chi connectivity index (χ1v) is 8.04. The van der Waals surface area contributed by atoms with Crippen molar-refractivity contribution in [1.82, 2.24) is 10.3 Å². The zero-order valence-electron chi connectivity index (χ0n) is 13.1. The van der Waals surface area contributed by atoms with Crippen molar-refractivity contribution in [2.75, 3.05) is 6.61 Å². The minimum absolute atomic E-state index is 0.00167. The van der Waals surface area contributed by atoms with E-state index in [2.05, 4.69) is 24.1 Å². The van der Waals surface area contributed by atoms with Crippen molar-refractivity contribution in [3.8, 4) is 0 Å². The van der Waals surface area contributed by atoms with Gasteiger partial charge >= 0.3 is 0 Å². The maximum absolute atomic E-state index is 12.4. The van der Waals surface area contributed by atoms with Gasteiger partial charge in [-0.25, -0.2) is 4.98 Å². The molecular weight excluding hydrogens is 272 g/mol. The smallest absolute Gasteiger partial charge is 0.263 e. The van der Waals surface area contributed by atoms with Gasteiger partial charge in [0.05, 0.1) is 10.7 Å². The number of aromatic nitrogens is 1. The zero-order chi connectivity index (χ0) is 15.3. The van der Waals surface area contributed by atoms with Gasteiger partial charge in [-0.2, -0.15) is 0 Å². The summed E-state index contributed by atoms with van der Waals surface area (Å²) >= 11 is 1.45. The molecule has 2 N–H and O–H groups in total. The van der Waals surface area contributed by atoms with Gasteiger partial charge in [-0.1, -0.05) is 27.7 Å². The van der Waals surface area contributed by atoms with Gasteiger partial charge in [0, 0.05) is 12.6 Å². The molecule has 0 saturated carbocycles. The van der Waals surface area contributed by atoms with E-state index < -0.39 is 0 Å². The molecule has 0 fully saturated rings. The molecule has 0 aromatic carbocycles. The van der Waals surface area contributed by atoms with Crippen LogP contribution < -0.4 is 5.32 Å². The molecule has 0 spiro atoms. The summed E-state index contributed by atoms with van der Waals surface area (Å²) in [6.45, 7) is 10.4. The minimum atomic E-state index is -0.0570. The van der Waals surface area contributed by atoms with Crippen LogP contribution in [0.1, 0.15) is 54.5 Å². The van der Waals surface area contributed by atoms with Crippen LogP contribution in [-0.4, -0.2) is 28.6 Å². The van der Waals surface area contributed by atoms with Gasteiger partial charge in [0.15, 0.2) is 0 Å². The fourth-order valence-electron chi connectivity index (χ4n) is 2.12. The SMILES string of the molecule is Cc1nc(CC(C)C)c(C(=O)NC(CCO)C(C)C)s1. The lowest BCUT2D eigenvalue weighted by molar-refractivity contribution is 0.0919. The number of aliphatic hydroxyl groups excluding tert-OH is 1. The Kier molecular flexibility index (Phi) is 6.62. The number of aryl methyl sites for hydroxylation is 1. The molecule has 1 aromatic rings. The van der Waals surface area contributed by atoms with Gasteiger partial charge in [-0.3, -0.25) is 4.79 Å². The number of aliphatic hydroxyl groups is 1. The molecule has 1 atom stereocenters. The molecule has 1 heterocycles. The van der Waals surface area contributed by atoms with Crippen LogP contribution in [0, 0.1) is 18.8 Å². The lowest BCUT2D eigenvalue weighted by Gasteiger charge is -2.21. The number of rotatable bonds is 7. The van der Waals surface area contributed by atoms with E-state index in [-0.39, 0.29) is 18.6 Å². The van der Waals surface area contributed by atoms with Crippen LogP contribution in [-0.2, 0) is 6.42 Å². The number of nitrogens with zero attached hydrogens (tertiary/aromatic N) is 1. The second-order valence-electron chi connectivity index (χ2n) is 5.94. The molecule has 1 amide bonds. The van der Waals surface area contributed by atoms with Gasteiger partial charge in [0.25, 0.3) is 5.91 Å². The third-order valence-electron chi connectivity index (χ3n) is 3.17. The average Bonchev–Trinajstić information content (AvgIpc) is 2.68. The van der Waals surface area contributed by atoms with Crippen molar-refractivity contribution in [2.45, 2.75) is 53.5 Å². The Morgan fingerprint density at radius 2 is 2.00 bits per heavy atom. The first-order valence-electron chi connectivity index (χ1n) is 7.23. The van der Waals surface area contributed by atoms with Crippen molar-refractivity contribution in [3.05, 3.63) is 15.6 Å². The summed E-state index contributed by atoms with van der Waals surface area (Å²) in [6, 6.07) is 0.00167. The molecule has 114 valence electrons. The molecule has 4 nitrogen and oxygen atoms in total. The number of nitrogens with one attached hydrogen (secondary N) is 1. The van der Waals surface area contributed by atoms with Crippen LogP contribution in [0.5, 0.6) is 0 Å². The molecule has 1 rings (SSSR count).